The second-order valence-corrected chi connectivity index (χ2v) is 5.44. The number of nitrogens with one attached hydrogen (secondary N) is 1. The number of ether oxygens (including phenoxy) is 1. The predicted octanol–water partition coefficient (Wildman–Crippen LogP) is 3.03. The Hall–Kier alpha value is -1.06. The minimum Gasteiger partial charge on any atom is -0.497 e. The van der Waals surface area contributed by atoms with E-state index in [2.05, 4.69) is 24.5 Å². The first kappa shape index (κ1) is 13.4. The van der Waals surface area contributed by atoms with Gasteiger partial charge in [-0.3, -0.25) is 11.3 Å². The normalized spacial score (nSPS) is 25.7. The summed E-state index contributed by atoms with van der Waals surface area (Å²) < 4.78 is 5.19. The van der Waals surface area contributed by atoms with Crippen LogP contribution >= 0.6 is 0 Å². The monoisotopic (exact) mass is 248 g/mol. The first-order valence-corrected chi connectivity index (χ1v) is 6.84. The molecule has 0 bridgehead atoms. The molecule has 0 aliphatic heterocycles. The van der Waals surface area contributed by atoms with Gasteiger partial charge in [0.1, 0.15) is 5.75 Å². The third-order valence-corrected chi connectivity index (χ3v) is 4.19. The number of hydrazine groups is 1. The van der Waals surface area contributed by atoms with Gasteiger partial charge in [-0.05, 0) is 42.4 Å². The average Bonchev–Trinajstić information content (AvgIpc) is 2.42. The molecule has 18 heavy (non-hydrogen) atoms. The van der Waals surface area contributed by atoms with Gasteiger partial charge in [-0.25, -0.2) is 0 Å². The fraction of sp³-hybridized carbons (Fsp3) is 0.600. The standard InChI is InChI=1S/C15H24N2O/c1-11-3-5-12(6-4-11)15(17-16)13-7-9-14(18-2)10-8-13/h7-12,15,17H,3-6,16H2,1-2H3. The van der Waals surface area contributed by atoms with Gasteiger partial charge in [0.15, 0.2) is 0 Å². The molecule has 3 heteroatoms. The highest BCUT2D eigenvalue weighted by atomic mass is 16.5. The second-order valence-electron chi connectivity index (χ2n) is 5.44. The minimum absolute atomic E-state index is 0.267. The summed E-state index contributed by atoms with van der Waals surface area (Å²) in [7, 11) is 1.69. The lowest BCUT2D eigenvalue weighted by molar-refractivity contribution is 0.232. The van der Waals surface area contributed by atoms with Crippen molar-refractivity contribution in [1.82, 2.24) is 5.43 Å². The molecule has 2 rings (SSSR count). The quantitative estimate of drug-likeness (QED) is 0.636. The molecule has 3 nitrogen and oxygen atoms in total. The highest BCUT2D eigenvalue weighted by molar-refractivity contribution is 5.29. The smallest absolute Gasteiger partial charge is 0.118 e. The van der Waals surface area contributed by atoms with E-state index < -0.39 is 0 Å². The molecule has 1 aliphatic carbocycles. The summed E-state index contributed by atoms with van der Waals surface area (Å²) in [6.07, 6.45) is 5.17. The van der Waals surface area contributed by atoms with Crippen molar-refractivity contribution >= 4 is 0 Å². The number of rotatable bonds is 4. The zero-order valence-corrected chi connectivity index (χ0v) is 11.4. The number of benzene rings is 1. The molecular formula is C15H24N2O. The van der Waals surface area contributed by atoms with Crippen LogP contribution < -0.4 is 16.0 Å². The van der Waals surface area contributed by atoms with Gasteiger partial charge in [0.05, 0.1) is 7.11 Å². The van der Waals surface area contributed by atoms with Crippen molar-refractivity contribution in [3.63, 3.8) is 0 Å². The Labute approximate surface area is 110 Å². The Morgan fingerprint density at radius 1 is 1.17 bits per heavy atom. The van der Waals surface area contributed by atoms with Crippen LogP contribution in [0.1, 0.15) is 44.2 Å². The van der Waals surface area contributed by atoms with Crippen molar-refractivity contribution in [3.8, 4) is 5.75 Å². The van der Waals surface area contributed by atoms with Gasteiger partial charge in [0.25, 0.3) is 0 Å². The van der Waals surface area contributed by atoms with Gasteiger partial charge in [-0.1, -0.05) is 31.9 Å². The number of hydrogen-bond acceptors (Lipinski definition) is 3. The lowest BCUT2D eigenvalue weighted by atomic mass is 9.77. The van der Waals surface area contributed by atoms with Crippen LogP contribution in [0.4, 0.5) is 0 Å². The molecule has 1 aromatic rings. The SMILES string of the molecule is COc1ccc(C(NN)C2CCC(C)CC2)cc1. The Kier molecular flexibility index (Phi) is 4.61. The Balaban J connectivity index is 2.07. The summed E-state index contributed by atoms with van der Waals surface area (Å²) in [6, 6.07) is 8.50. The molecule has 1 atom stereocenters. The molecule has 100 valence electrons. The van der Waals surface area contributed by atoms with E-state index >= 15 is 0 Å². The largest absolute Gasteiger partial charge is 0.497 e. The predicted molar refractivity (Wildman–Crippen MR) is 74.2 cm³/mol. The molecule has 1 aliphatic rings. The fourth-order valence-corrected chi connectivity index (χ4v) is 2.93. The highest BCUT2D eigenvalue weighted by Gasteiger charge is 2.26. The zero-order chi connectivity index (χ0) is 13.0. The van der Waals surface area contributed by atoms with E-state index in [9.17, 15) is 0 Å². The Morgan fingerprint density at radius 3 is 2.28 bits per heavy atom. The van der Waals surface area contributed by atoms with Crippen LogP contribution in [-0.4, -0.2) is 7.11 Å². The first-order chi connectivity index (χ1) is 8.74. The van der Waals surface area contributed by atoms with Crippen molar-refractivity contribution < 1.29 is 4.74 Å². The number of methoxy groups -OCH3 is 1. The summed E-state index contributed by atoms with van der Waals surface area (Å²) in [5.41, 5.74) is 4.26. The lowest BCUT2D eigenvalue weighted by Crippen LogP contribution is -2.35. The van der Waals surface area contributed by atoms with Gasteiger partial charge in [0, 0.05) is 6.04 Å². The van der Waals surface area contributed by atoms with Crippen molar-refractivity contribution in [1.29, 1.82) is 0 Å². The van der Waals surface area contributed by atoms with Crippen molar-refractivity contribution in [3.05, 3.63) is 29.8 Å². The van der Waals surface area contributed by atoms with E-state index in [0.717, 1.165) is 11.7 Å². The molecule has 0 saturated heterocycles. The molecule has 1 unspecified atom stereocenters. The molecule has 0 amide bonds. The van der Waals surface area contributed by atoms with E-state index in [1.165, 1.54) is 31.2 Å². The maximum atomic E-state index is 5.76. The van der Waals surface area contributed by atoms with Gasteiger partial charge in [-0.15, -0.1) is 0 Å². The summed E-state index contributed by atoms with van der Waals surface area (Å²) in [4.78, 5) is 0. The average molecular weight is 248 g/mol. The van der Waals surface area contributed by atoms with Crippen LogP contribution in [0.15, 0.2) is 24.3 Å². The third-order valence-electron chi connectivity index (χ3n) is 4.19. The van der Waals surface area contributed by atoms with Gasteiger partial charge < -0.3 is 4.74 Å². The zero-order valence-electron chi connectivity index (χ0n) is 11.4. The molecule has 0 spiro atoms. The van der Waals surface area contributed by atoms with E-state index in [1.54, 1.807) is 7.11 Å². The van der Waals surface area contributed by atoms with Crippen LogP contribution in [0.2, 0.25) is 0 Å². The van der Waals surface area contributed by atoms with Crippen LogP contribution in [-0.2, 0) is 0 Å². The topological polar surface area (TPSA) is 47.3 Å². The van der Waals surface area contributed by atoms with E-state index in [4.69, 9.17) is 10.6 Å². The molecule has 0 aromatic heterocycles. The Morgan fingerprint density at radius 2 is 1.78 bits per heavy atom. The van der Waals surface area contributed by atoms with E-state index in [-0.39, 0.29) is 6.04 Å². The third kappa shape index (κ3) is 3.03. The van der Waals surface area contributed by atoms with Gasteiger partial charge >= 0.3 is 0 Å². The van der Waals surface area contributed by atoms with Gasteiger partial charge in [0.2, 0.25) is 0 Å². The molecule has 1 aromatic carbocycles. The van der Waals surface area contributed by atoms with Crippen molar-refractivity contribution in [2.75, 3.05) is 7.11 Å². The van der Waals surface area contributed by atoms with Crippen molar-refractivity contribution in [2.45, 2.75) is 38.6 Å². The molecule has 0 heterocycles. The summed E-state index contributed by atoms with van der Waals surface area (Å²) in [5.74, 6) is 8.18. The molecule has 1 fully saturated rings. The van der Waals surface area contributed by atoms with Gasteiger partial charge in [-0.2, -0.15) is 0 Å². The van der Waals surface area contributed by atoms with E-state index in [1.807, 2.05) is 12.1 Å². The fourth-order valence-electron chi connectivity index (χ4n) is 2.93. The van der Waals surface area contributed by atoms with E-state index in [0.29, 0.717) is 5.92 Å². The van der Waals surface area contributed by atoms with Crippen LogP contribution in [0.25, 0.3) is 0 Å². The summed E-state index contributed by atoms with van der Waals surface area (Å²) in [6.45, 7) is 2.34. The maximum absolute atomic E-state index is 5.76. The van der Waals surface area contributed by atoms with Crippen LogP contribution in [0, 0.1) is 11.8 Å². The summed E-state index contributed by atoms with van der Waals surface area (Å²) >= 11 is 0. The maximum Gasteiger partial charge on any atom is 0.118 e. The van der Waals surface area contributed by atoms with Crippen molar-refractivity contribution in [2.24, 2.45) is 17.7 Å². The second kappa shape index (κ2) is 6.21. The van der Waals surface area contributed by atoms with Crippen LogP contribution in [0.5, 0.6) is 5.75 Å². The molecule has 0 radical (unpaired) electrons. The molecular weight excluding hydrogens is 224 g/mol. The first-order valence-electron chi connectivity index (χ1n) is 6.84. The Bertz CT molecular complexity index is 355. The summed E-state index contributed by atoms with van der Waals surface area (Å²) in [5, 5.41) is 0. The number of nitrogens with two attached hydrogens (primary N) is 1. The lowest BCUT2D eigenvalue weighted by Gasteiger charge is -2.32. The molecule has 3 N–H and O–H groups in total. The highest BCUT2D eigenvalue weighted by Crippen LogP contribution is 2.36. The number of hydrogen-bond donors (Lipinski definition) is 2. The molecule has 1 saturated carbocycles. The van der Waals surface area contributed by atoms with Crippen LogP contribution in [0.3, 0.4) is 0 Å². The minimum atomic E-state index is 0.267.